The van der Waals surface area contributed by atoms with Crippen LogP contribution in [0.5, 0.6) is 5.75 Å². The van der Waals surface area contributed by atoms with Crippen molar-refractivity contribution in [2.45, 2.75) is 38.8 Å². The van der Waals surface area contributed by atoms with Crippen LogP contribution in [0.1, 0.15) is 26.7 Å². The second-order valence-electron chi connectivity index (χ2n) is 7.43. The third-order valence-corrected chi connectivity index (χ3v) is 4.64. The van der Waals surface area contributed by atoms with Crippen LogP contribution in [-0.4, -0.2) is 55.1 Å². The van der Waals surface area contributed by atoms with Crippen LogP contribution in [0.15, 0.2) is 42.5 Å². The zero-order chi connectivity index (χ0) is 23.0. The second-order valence-corrected chi connectivity index (χ2v) is 7.43. The summed E-state index contributed by atoms with van der Waals surface area (Å²) in [6.45, 7) is 3.54. The second kappa shape index (κ2) is 11.1. The molecule has 9 heteroatoms. The highest BCUT2D eigenvalue weighted by molar-refractivity contribution is 6.59. The summed E-state index contributed by atoms with van der Waals surface area (Å²) in [5.41, 5.74) is -0.965. The smallest absolute Gasteiger partial charge is 0.305 e. The number of benzene rings is 2. The number of fused-ring (bicyclic) bond motifs is 1. The molecule has 0 aliphatic carbocycles. The molecule has 31 heavy (non-hydrogen) atoms. The Morgan fingerprint density at radius 3 is 2.35 bits per heavy atom. The molecule has 2 unspecified atom stereocenters. The van der Waals surface area contributed by atoms with Crippen molar-refractivity contribution in [1.82, 2.24) is 10.6 Å². The maximum Gasteiger partial charge on any atom is 0.305 e. The number of carbonyl (C=O) groups excluding carboxylic acids is 3. The monoisotopic (exact) mass is 424 g/mol. The van der Waals surface area contributed by atoms with Crippen LogP contribution in [0.4, 0.5) is 0 Å². The van der Waals surface area contributed by atoms with Crippen LogP contribution in [0.3, 0.4) is 0 Å². The first-order valence-electron chi connectivity index (χ1n) is 9.90. The number of carboxylic acids is 1. The van der Waals surface area contributed by atoms with E-state index >= 15 is 0 Å². The van der Waals surface area contributed by atoms with Gasteiger partial charge >= 0.3 is 5.97 Å². The van der Waals surface area contributed by atoms with Gasteiger partial charge in [0.1, 0.15) is 11.8 Å². The zero-order valence-electron chi connectivity index (χ0n) is 17.5. The van der Waals surface area contributed by atoms with Crippen molar-refractivity contribution < 1.29 is 29.0 Å². The number of carbonyl (C=O) groups is 4. The van der Waals surface area contributed by atoms with Gasteiger partial charge in [0.15, 0.2) is 7.85 Å². The number of amides is 2. The fraction of sp³-hybridized carbons (Fsp3) is 0.364. The van der Waals surface area contributed by atoms with Crippen molar-refractivity contribution in [2.24, 2.45) is 5.92 Å². The molecular formula is C22H25BN2O6. The van der Waals surface area contributed by atoms with Crippen molar-refractivity contribution in [1.29, 1.82) is 0 Å². The first-order chi connectivity index (χ1) is 14.7. The molecule has 0 spiro atoms. The highest BCUT2D eigenvalue weighted by Crippen LogP contribution is 2.25. The van der Waals surface area contributed by atoms with Crippen LogP contribution in [0, 0.1) is 5.92 Å². The van der Waals surface area contributed by atoms with Crippen molar-refractivity contribution in [2.75, 3.05) is 6.61 Å². The highest BCUT2D eigenvalue weighted by Gasteiger charge is 2.28. The molecule has 2 amide bonds. The first-order valence-corrected chi connectivity index (χ1v) is 9.90. The number of hydrogen-bond donors (Lipinski definition) is 3. The van der Waals surface area contributed by atoms with E-state index in [9.17, 15) is 19.2 Å². The van der Waals surface area contributed by atoms with E-state index in [1.54, 1.807) is 13.8 Å². The summed E-state index contributed by atoms with van der Waals surface area (Å²) in [5.74, 6) is -2.02. The topological polar surface area (TPSA) is 122 Å². The Kier molecular flexibility index (Phi) is 8.60. The molecule has 0 aliphatic heterocycles. The van der Waals surface area contributed by atoms with E-state index < -0.39 is 42.0 Å². The maximum absolute atomic E-state index is 12.5. The molecule has 162 valence electrons. The predicted molar refractivity (Wildman–Crippen MR) is 116 cm³/mol. The van der Waals surface area contributed by atoms with Gasteiger partial charge in [0.05, 0.1) is 31.2 Å². The number of hydrogen-bond acceptors (Lipinski definition) is 5. The summed E-state index contributed by atoms with van der Waals surface area (Å²) in [7, 11) is 5.15. The lowest BCUT2D eigenvalue weighted by Crippen LogP contribution is -2.54. The van der Waals surface area contributed by atoms with Gasteiger partial charge in [-0.1, -0.05) is 50.2 Å². The third-order valence-electron chi connectivity index (χ3n) is 4.64. The lowest BCUT2D eigenvalue weighted by Gasteiger charge is -2.24. The van der Waals surface area contributed by atoms with Crippen molar-refractivity contribution in [3.05, 3.63) is 42.5 Å². The Bertz CT molecular complexity index is 957. The Balaban J connectivity index is 1.93. The van der Waals surface area contributed by atoms with E-state index in [2.05, 4.69) is 10.6 Å². The molecule has 2 radical (unpaired) electrons. The largest absolute Gasteiger partial charge is 0.492 e. The quantitative estimate of drug-likeness (QED) is 0.469. The molecule has 0 aliphatic rings. The predicted octanol–water partition coefficient (Wildman–Crippen LogP) is 1.40. The molecule has 0 saturated heterocycles. The minimum absolute atomic E-state index is 0.00803. The fourth-order valence-electron chi connectivity index (χ4n) is 3.01. The summed E-state index contributed by atoms with van der Waals surface area (Å²) in [6.07, 6.45) is -0.632. The molecule has 2 atom stereocenters. The number of ether oxygens (including phenoxy) is 1. The summed E-state index contributed by atoms with van der Waals surface area (Å²) >= 11 is 0. The lowest BCUT2D eigenvalue weighted by atomic mass is 9.92. The minimum atomic E-state index is -1.36. The van der Waals surface area contributed by atoms with Crippen LogP contribution < -0.4 is 15.4 Å². The van der Waals surface area contributed by atoms with Gasteiger partial charge in [-0.25, -0.2) is 0 Å². The summed E-state index contributed by atoms with van der Waals surface area (Å²) in [5, 5.41) is 15.7. The van der Waals surface area contributed by atoms with Crippen molar-refractivity contribution >= 4 is 42.1 Å². The fourth-order valence-corrected chi connectivity index (χ4v) is 3.01. The first kappa shape index (κ1) is 23.9. The SMILES string of the molecule is [B]C(=O)C(CC(=O)O)NC(=O)C(NC(=O)CCOc1cccc2ccccc12)C(C)C. The van der Waals surface area contributed by atoms with Gasteiger partial charge in [-0.3, -0.25) is 14.4 Å². The lowest BCUT2D eigenvalue weighted by molar-refractivity contribution is -0.139. The van der Waals surface area contributed by atoms with Gasteiger partial charge in [0, 0.05) is 5.39 Å². The van der Waals surface area contributed by atoms with Gasteiger partial charge in [0.2, 0.25) is 11.8 Å². The van der Waals surface area contributed by atoms with Crippen LogP contribution in [0.2, 0.25) is 0 Å². The molecule has 2 aromatic carbocycles. The molecule has 3 N–H and O–H groups in total. The molecule has 0 fully saturated rings. The van der Waals surface area contributed by atoms with E-state index in [1.165, 1.54) is 0 Å². The molecule has 0 saturated carbocycles. The minimum Gasteiger partial charge on any atom is -0.492 e. The van der Waals surface area contributed by atoms with Crippen molar-refractivity contribution in [3.63, 3.8) is 0 Å². The molecular weight excluding hydrogens is 399 g/mol. The summed E-state index contributed by atoms with van der Waals surface area (Å²) in [6, 6.07) is 11.0. The Labute approximate surface area is 181 Å². The third kappa shape index (κ3) is 7.13. The normalized spacial score (nSPS) is 12.7. The molecule has 8 nitrogen and oxygen atoms in total. The van der Waals surface area contributed by atoms with Crippen LogP contribution in [0.25, 0.3) is 10.8 Å². The number of nitrogens with one attached hydrogen (secondary N) is 2. The zero-order valence-corrected chi connectivity index (χ0v) is 17.5. The summed E-state index contributed by atoms with van der Waals surface area (Å²) in [4.78, 5) is 47.1. The van der Waals surface area contributed by atoms with E-state index in [0.29, 0.717) is 5.75 Å². The standard InChI is InChI=1S/C22H25BN2O6/c1-13(2)20(22(30)24-16(21(23)29)12-19(27)28)25-18(26)10-11-31-17-9-5-7-14-6-3-4-8-15(14)17/h3-9,13,16,20H,10-12H2,1-2H3,(H,24,30)(H,25,26)(H,27,28). The van der Waals surface area contributed by atoms with E-state index in [1.807, 2.05) is 42.5 Å². The van der Waals surface area contributed by atoms with Gasteiger partial charge in [-0.15, -0.1) is 0 Å². The van der Waals surface area contributed by atoms with E-state index in [0.717, 1.165) is 10.8 Å². The number of aliphatic carboxylic acids is 1. The Morgan fingerprint density at radius 2 is 1.71 bits per heavy atom. The Morgan fingerprint density at radius 1 is 1.03 bits per heavy atom. The van der Waals surface area contributed by atoms with Gasteiger partial charge in [-0.05, 0) is 17.4 Å². The highest BCUT2D eigenvalue weighted by atomic mass is 16.5. The van der Waals surface area contributed by atoms with Gasteiger partial charge < -0.3 is 25.3 Å². The van der Waals surface area contributed by atoms with Gasteiger partial charge in [0.25, 0.3) is 0 Å². The molecule has 0 bridgehead atoms. The van der Waals surface area contributed by atoms with Crippen LogP contribution in [-0.2, 0) is 19.2 Å². The molecule has 2 rings (SSSR count). The molecule has 0 heterocycles. The number of carboxylic acid groups (broad SMARTS) is 1. The average Bonchev–Trinajstić information content (AvgIpc) is 2.71. The van der Waals surface area contributed by atoms with Gasteiger partial charge in [-0.2, -0.15) is 0 Å². The average molecular weight is 424 g/mol. The van der Waals surface area contributed by atoms with E-state index in [4.69, 9.17) is 17.7 Å². The molecule has 0 aromatic heterocycles. The van der Waals surface area contributed by atoms with Crippen LogP contribution >= 0.6 is 0 Å². The van der Waals surface area contributed by atoms with Crippen molar-refractivity contribution in [3.8, 4) is 5.75 Å². The Hall–Kier alpha value is -3.36. The number of rotatable bonds is 11. The van der Waals surface area contributed by atoms with E-state index in [-0.39, 0.29) is 18.9 Å². The summed E-state index contributed by atoms with van der Waals surface area (Å²) < 4.78 is 5.74. The maximum atomic E-state index is 12.5. The molecule has 2 aromatic rings.